The first-order valence-corrected chi connectivity index (χ1v) is 11.1. The maximum absolute atomic E-state index is 4.89. The van der Waals surface area contributed by atoms with E-state index < -0.39 is 0 Å². The molecule has 0 unspecified atom stereocenters. The second-order valence-corrected chi connectivity index (χ2v) is 6.97. The summed E-state index contributed by atoms with van der Waals surface area (Å²) in [4.78, 5) is 0. The fraction of sp³-hybridized carbons (Fsp3) is 0.267. The molecule has 0 atom stereocenters. The quantitative estimate of drug-likeness (QED) is 0.210. The molecule has 4 aromatic carbocycles. The third kappa shape index (κ3) is 15.8. The molecule has 0 aliphatic carbocycles. The summed E-state index contributed by atoms with van der Waals surface area (Å²) in [5.74, 6) is 1.76. The summed E-state index contributed by atoms with van der Waals surface area (Å²) in [5.41, 5.74) is 2.93. The molecule has 0 aromatic heterocycles. The molecular formula is C30H36O2Ti. The van der Waals surface area contributed by atoms with E-state index in [1.54, 1.807) is 14.2 Å². The van der Waals surface area contributed by atoms with Crippen LogP contribution in [0.25, 0.3) is 0 Å². The predicted octanol–water partition coefficient (Wildman–Crippen LogP) is 7.70. The van der Waals surface area contributed by atoms with Gasteiger partial charge in [-0.2, -0.15) is 71.8 Å². The Bertz CT molecular complexity index is 779. The van der Waals surface area contributed by atoms with Crippen LogP contribution in [0.4, 0.5) is 0 Å². The van der Waals surface area contributed by atoms with E-state index in [2.05, 4.69) is 74.5 Å². The Morgan fingerprint density at radius 3 is 1.12 bits per heavy atom. The fourth-order valence-corrected chi connectivity index (χ4v) is 2.75. The number of aryl methyl sites for hydroxylation is 2. The normalized spacial score (nSPS) is 8.85. The largest absolute Gasteiger partial charge is 4.00 e. The third-order valence-corrected chi connectivity index (χ3v) is 4.39. The minimum atomic E-state index is 0. The Balaban J connectivity index is 0.000000410. The molecule has 172 valence electrons. The SMILES string of the molecule is CCC[c-]1cccc1.CCC[c-]1cccc1.COc1cc[c-]cc1.COc1cc[c-]cc1.[Ti+4]. The molecule has 0 fully saturated rings. The fourth-order valence-electron chi connectivity index (χ4n) is 2.75. The standard InChI is InChI=1S/2C8H11.2C7H7O.Ti/c2*1-2-5-8-6-3-4-7-8;2*1-8-7-5-3-2-4-6-7;/h2*3-4,6-7H,2,5H2,1H3;2*3-6H,1H3;/q4*-1;+4. The first-order valence-electron chi connectivity index (χ1n) is 11.1. The van der Waals surface area contributed by atoms with E-state index in [-0.39, 0.29) is 21.7 Å². The number of hydrogen-bond donors (Lipinski definition) is 0. The van der Waals surface area contributed by atoms with E-state index in [1.807, 2.05) is 48.5 Å². The van der Waals surface area contributed by atoms with Crippen molar-refractivity contribution in [1.82, 2.24) is 0 Å². The maximum atomic E-state index is 4.89. The van der Waals surface area contributed by atoms with Crippen LogP contribution in [0.3, 0.4) is 0 Å². The maximum Gasteiger partial charge on any atom is 4.00 e. The van der Waals surface area contributed by atoms with E-state index in [9.17, 15) is 0 Å². The van der Waals surface area contributed by atoms with Gasteiger partial charge in [-0.25, -0.2) is 24.3 Å². The van der Waals surface area contributed by atoms with Crippen molar-refractivity contribution in [3.05, 3.63) is 120 Å². The van der Waals surface area contributed by atoms with E-state index in [4.69, 9.17) is 9.47 Å². The summed E-state index contributed by atoms with van der Waals surface area (Å²) in [7, 11) is 3.30. The summed E-state index contributed by atoms with van der Waals surface area (Å²) < 4.78 is 9.79. The monoisotopic (exact) mass is 476 g/mol. The number of ether oxygens (including phenoxy) is 2. The zero-order valence-corrected chi connectivity index (χ0v) is 21.9. The Hall–Kier alpha value is -2.55. The van der Waals surface area contributed by atoms with Gasteiger partial charge in [-0.1, -0.05) is 39.5 Å². The Labute approximate surface area is 216 Å². The summed E-state index contributed by atoms with van der Waals surface area (Å²) in [6, 6.07) is 37.5. The summed E-state index contributed by atoms with van der Waals surface area (Å²) >= 11 is 0. The zero-order chi connectivity index (χ0) is 23.3. The van der Waals surface area contributed by atoms with E-state index in [0.29, 0.717) is 0 Å². The van der Waals surface area contributed by atoms with Crippen LogP contribution >= 0.6 is 0 Å². The van der Waals surface area contributed by atoms with Crippen LogP contribution in [-0.4, -0.2) is 14.2 Å². The van der Waals surface area contributed by atoms with Crippen molar-refractivity contribution in [2.75, 3.05) is 14.2 Å². The molecule has 3 heteroatoms. The molecule has 0 heterocycles. The van der Waals surface area contributed by atoms with Gasteiger partial charge in [-0.3, -0.25) is 0 Å². The Morgan fingerprint density at radius 2 is 0.909 bits per heavy atom. The minimum absolute atomic E-state index is 0. The van der Waals surface area contributed by atoms with E-state index >= 15 is 0 Å². The average Bonchev–Trinajstić information content (AvgIpc) is 3.57. The Kier molecular flexibility index (Phi) is 19.7. The molecule has 0 aliphatic rings. The van der Waals surface area contributed by atoms with Gasteiger partial charge in [-0.05, 0) is 0 Å². The van der Waals surface area contributed by atoms with Crippen LogP contribution < -0.4 is 9.47 Å². The third-order valence-electron chi connectivity index (χ3n) is 4.39. The van der Waals surface area contributed by atoms with Crippen molar-refractivity contribution >= 4 is 0 Å². The van der Waals surface area contributed by atoms with Crippen molar-refractivity contribution in [3.8, 4) is 11.5 Å². The van der Waals surface area contributed by atoms with E-state index in [1.165, 1.54) is 36.8 Å². The number of benzene rings is 2. The number of rotatable bonds is 6. The van der Waals surface area contributed by atoms with Crippen molar-refractivity contribution in [2.24, 2.45) is 0 Å². The van der Waals surface area contributed by atoms with Gasteiger partial charge < -0.3 is 9.47 Å². The first-order chi connectivity index (χ1) is 15.7. The van der Waals surface area contributed by atoms with Crippen LogP contribution in [0.1, 0.15) is 37.8 Å². The summed E-state index contributed by atoms with van der Waals surface area (Å²) in [6.45, 7) is 4.40. The second kappa shape index (κ2) is 21.3. The summed E-state index contributed by atoms with van der Waals surface area (Å²) in [5, 5.41) is 0. The van der Waals surface area contributed by atoms with Gasteiger partial charge in [0.15, 0.2) is 0 Å². The molecule has 4 aromatic rings. The Morgan fingerprint density at radius 1 is 0.606 bits per heavy atom. The molecule has 4 rings (SSSR count). The van der Waals surface area contributed by atoms with Crippen LogP contribution in [0, 0.1) is 12.1 Å². The van der Waals surface area contributed by atoms with Crippen LogP contribution in [0.5, 0.6) is 11.5 Å². The molecule has 0 spiro atoms. The van der Waals surface area contributed by atoms with E-state index in [0.717, 1.165) is 11.5 Å². The molecule has 0 amide bonds. The topological polar surface area (TPSA) is 18.5 Å². The first kappa shape index (κ1) is 30.5. The molecule has 0 bridgehead atoms. The zero-order valence-electron chi connectivity index (χ0n) is 20.4. The number of hydrogen-bond acceptors (Lipinski definition) is 2. The van der Waals surface area contributed by atoms with Crippen molar-refractivity contribution in [1.29, 1.82) is 0 Å². The molecule has 0 aliphatic heterocycles. The molecule has 2 nitrogen and oxygen atoms in total. The minimum Gasteiger partial charge on any atom is -0.522 e. The smallest absolute Gasteiger partial charge is 0.522 e. The second-order valence-electron chi connectivity index (χ2n) is 6.97. The average molecular weight is 476 g/mol. The van der Waals surface area contributed by atoms with Crippen LogP contribution in [0.2, 0.25) is 0 Å². The van der Waals surface area contributed by atoms with Crippen LogP contribution in [-0.2, 0) is 34.6 Å². The van der Waals surface area contributed by atoms with Gasteiger partial charge in [0.2, 0.25) is 0 Å². The molecular weight excluding hydrogens is 440 g/mol. The van der Waals surface area contributed by atoms with Gasteiger partial charge >= 0.3 is 21.7 Å². The van der Waals surface area contributed by atoms with Gasteiger partial charge in [-0.15, -0.1) is 24.3 Å². The predicted molar refractivity (Wildman–Crippen MR) is 136 cm³/mol. The molecule has 0 radical (unpaired) electrons. The van der Waals surface area contributed by atoms with Crippen molar-refractivity contribution < 1.29 is 31.2 Å². The van der Waals surface area contributed by atoms with Crippen molar-refractivity contribution in [3.63, 3.8) is 0 Å². The van der Waals surface area contributed by atoms with Gasteiger partial charge in [0.25, 0.3) is 0 Å². The van der Waals surface area contributed by atoms with Gasteiger partial charge in [0.1, 0.15) is 0 Å². The van der Waals surface area contributed by atoms with Crippen molar-refractivity contribution in [2.45, 2.75) is 39.5 Å². The molecule has 0 saturated heterocycles. The molecule has 0 N–H and O–H groups in total. The van der Waals surface area contributed by atoms with Crippen LogP contribution in [0.15, 0.2) is 97.1 Å². The molecule has 33 heavy (non-hydrogen) atoms. The summed E-state index contributed by atoms with van der Waals surface area (Å²) in [6.07, 6.45) is 4.97. The van der Waals surface area contributed by atoms with Gasteiger partial charge in [0.05, 0.1) is 14.2 Å². The molecule has 0 saturated carbocycles. The van der Waals surface area contributed by atoms with Gasteiger partial charge in [0, 0.05) is 11.5 Å². The number of methoxy groups -OCH3 is 2.